The number of hydrogen-bond donors (Lipinski definition) is 0. The van der Waals surface area contributed by atoms with E-state index in [0.717, 1.165) is 59.7 Å². The number of allylic oxidation sites excluding steroid dienone is 3. The van der Waals surface area contributed by atoms with E-state index in [-0.39, 0.29) is 10.6 Å². The molecule has 24 heavy (non-hydrogen) atoms. The van der Waals surface area contributed by atoms with Gasteiger partial charge in [0, 0.05) is 21.9 Å². The topological polar surface area (TPSA) is 27.7 Å². The molecule has 0 spiro atoms. The summed E-state index contributed by atoms with van der Waals surface area (Å²) < 4.78 is 17.8. The molecule has 4 atom stereocenters. The van der Waals surface area contributed by atoms with Gasteiger partial charge in [0.05, 0.1) is 13.2 Å². The Hall–Kier alpha value is -0.743. The molecule has 0 aliphatic heterocycles. The molecule has 4 heteroatoms. The lowest BCUT2D eigenvalue weighted by Gasteiger charge is -2.31. The lowest BCUT2D eigenvalue weighted by molar-refractivity contribution is -0.0441. The van der Waals surface area contributed by atoms with E-state index in [9.17, 15) is 0 Å². The highest BCUT2D eigenvalue weighted by molar-refractivity contribution is 6.18. The van der Waals surface area contributed by atoms with Gasteiger partial charge in [-0.15, -0.1) is 0 Å². The van der Waals surface area contributed by atoms with Crippen molar-refractivity contribution in [2.24, 2.45) is 11.8 Å². The minimum absolute atomic E-state index is 0.170. The first-order valence-electron chi connectivity index (χ1n) is 9.90. The molecule has 0 aromatic carbocycles. The Morgan fingerprint density at radius 3 is 2.04 bits per heavy atom. The highest BCUT2D eigenvalue weighted by Crippen LogP contribution is 2.64. The van der Waals surface area contributed by atoms with Crippen molar-refractivity contribution in [3.8, 4) is 0 Å². The second-order valence-corrected chi connectivity index (χ2v) is 9.82. The molecule has 0 heterocycles. The highest BCUT2D eigenvalue weighted by Gasteiger charge is 2.60. The van der Waals surface area contributed by atoms with E-state index in [2.05, 4.69) is 19.1 Å². The lowest BCUT2D eigenvalue weighted by Crippen LogP contribution is -2.32. The van der Waals surface area contributed by atoms with E-state index >= 15 is 0 Å². The van der Waals surface area contributed by atoms with Crippen molar-refractivity contribution < 1.29 is 14.2 Å². The smallest absolute Gasteiger partial charge is 0.165 e. The van der Waals surface area contributed by atoms with Gasteiger partial charge < -0.3 is 14.2 Å². The Bertz CT molecular complexity index is 499. The normalized spacial score (nSPS) is 38.6. The Morgan fingerprint density at radius 1 is 0.958 bits per heavy atom. The number of ether oxygens (including phenoxy) is 3. The van der Waals surface area contributed by atoms with Crippen molar-refractivity contribution in [3.05, 3.63) is 23.7 Å². The molecule has 0 radical (unpaired) electrons. The fourth-order valence-corrected chi connectivity index (χ4v) is 6.25. The standard InChI is InChI=1S/C13H24O3Si.C7H10/c1-4-14-10-11(15-5-2)13(17)8-7-12(10,9-13)16-6-3;1-2-7-4-3-6(1)5-7/h4-9H2,1-3,17H3;1-2,6-7H,3-5H2. The number of hydrogen-bond acceptors (Lipinski definition) is 3. The molecule has 0 saturated heterocycles. The fourth-order valence-electron chi connectivity index (χ4n) is 5.06. The van der Waals surface area contributed by atoms with Gasteiger partial charge in [-0.3, -0.25) is 0 Å². The zero-order valence-electron chi connectivity index (χ0n) is 15.9. The molecule has 0 N–H and O–H groups in total. The quantitative estimate of drug-likeness (QED) is 0.539. The molecule has 3 nitrogen and oxygen atoms in total. The molecular formula is C20H34O3Si. The third-order valence-electron chi connectivity index (χ3n) is 6.09. The van der Waals surface area contributed by atoms with Crippen LogP contribution in [0.3, 0.4) is 0 Å². The third-order valence-corrected chi connectivity index (χ3v) is 7.40. The summed E-state index contributed by atoms with van der Waals surface area (Å²) >= 11 is 0. The maximum absolute atomic E-state index is 6.05. The van der Waals surface area contributed by atoms with Crippen molar-refractivity contribution >= 4 is 10.2 Å². The predicted octanol–water partition coefficient (Wildman–Crippen LogP) is 3.74. The summed E-state index contributed by atoms with van der Waals surface area (Å²) in [4.78, 5) is 0. The van der Waals surface area contributed by atoms with Crippen LogP contribution in [0, 0.1) is 11.8 Å². The second-order valence-electron chi connectivity index (χ2n) is 7.91. The monoisotopic (exact) mass is 350 g/mol. The highest BCUT2D eigenvalue weighted by atomic mass is 28.1. The lowest BCUT2D eigenvalue weighted by atomic mass is 9.99. The largest absolute Gasteiger partial charge is 0.494 e. The molecular weight excluding hydrogens is 316 g/mol. The van der Waals surface area contributed by atoms with Crippen molar-refractivity contribution in [2.75, 3.05) is 19.8 Å². The summed E-state index contributed by atoms with van der Waals surface area (Å²) in [5.41, 5.74) is -0.170. The fraction of sp³-hybridized carbons (Fsp3) is 0.800. The second kappa shape index (κ2) is 7.25. The minimum atomic E-state index is -0.170. The van der Waals surface area contributed by atoms with Gasteiger partial charge >= 0.3 is 0 Å². The maximum Gasteiger partial charge on any atom is 0.165 e. The van der Waals surface area contributed by atoms with Crippen LogP contribution in [-0.2, 0) is 14.2 Å². The van der Waals surface area contributed by atoms with Crippen molar-refractivity contribution in [1.82, 2.24) is 0 Å². The summed E-state index contributed by atoms with van der Waals surface area (Å²) in [7, 11) is 1.11. The molecule has 4 unspecified atom stereocenters. The van der Waals surface area contributed by atoms with E-state index in [1.807, 2.05) is 13.8 Å². The van der Waals surface area contributed by atoms with Crippen LogP contribution >= 0.6 is 0 Å². The molecule has 4 bridgehead atoms. The SMILES string of the molecule is C1=CC2CCC1C2.CCOC1=C(OCC)C2(OCC)CCC1([SiH3])C2. The van der Waals surface area contributed by atoms with E-state index in [4.69, 9.17) is 14.2 Å². The average Bonchev–Trinajstić information content (AvgIpc) is 3.31. The van der Waals surface area contributed by atoms with E-state index in [1.165, 1.54) is 25.7 Å². The minimum Gasteiger partial charge on any atom is -0.494 e. The van der Waals surface area contributed by atoms with Gasteiger partial charge in [0.15, 0.2) is 5.76 Å². The summed E-state index contributed by atoms with van der Waals surface area (Å²) in [6.07, 6.45) is 12.6. The van der Waals surface area contributed by atoms with Crippen LogP contribution in [0.15, 0.2) is 23.7 Å². The van der Waals surface area contributed by atoms with Crippen LogP contribution in [0.2, 0.25) is 5.04 Å². The van der Waals surface area contributed by atoms with Crippen molar-refractivity contribution in [2.45, 2.75) is 69.9 Å². The van der Waals surface area contributed by atoms with Gasteiger partial charge in [0.25, 0.3) is 0 Å². The van der Waals surface area contributed by atoms with Crippen LogP contribution in [0.5, 0.6) is 0 Å². The average molecular weight is 351 g/mol. The first-order valence-corrected chi connectivity index (χ1v) is 10.9. The van der Waals surface area contributed by atoms with Crippen LogP contribution in [-0.4, -0.2) is 35.7 Å². The molecule has 4 aliphatic carbocycles. The zero-order valence-corrected chi connectivity index (χ0v) is 17.9. The van der Waals surface area contributed by atoms with Gasteiger partial charge in [0.1, 0.15) is 11.4 Å². The molecule has 0 aromatic heterocycles. The first kappa shape index (κ1) is 18.1. The van der Waals surface area contributed by atoms with Gasteiger partial charge in [-0.05, 0) is 71.1 Å². The van der Waals surface area contributed by atoms with Crippen LogP contribution in [0.4, 0.5) is 0 Å². The van der Waals surface area contributed by atoms with E-state index in [0.29, 0.717) is 6.61 Å². The molecule has 2 fully saturated rings. The molecule has 4 aliphatic rings. The molecule has 0 amide bonds. The van der Waals surface area contributed by atoms with Gasteiger partial charge in [-0.25, -0.2) is 0 Å². The van der Waals surface area contributed by atoms with Crippen molar-refractivity contribution in [3.63, 3.8) is 0 Å². The predicted molar refractivity (Wildman–Crippen MR) is 101 cm³/mol. The molecule has 0 aromatic rings. The Morgan fingerprint density at radius 2 is 1.58 bits per heavy atom. The Labute approximate surface area is 150 Å². The van der Waals surface area contributed by atoms with Gasteiger partial charge in [-0.2, -0.15) is 0 Å². The van der Waals surface area contributed by atoms with Crippen LogP contribution in [0.25, 0.3) is 0 Å². The Kier molecular flexibility index (Phi) is 5.45. The maximum atomic E-state index is 6.05. The Balaban J connectivity index is 0.000000198. The third kappa shape index (κ3) is 3.19. The zero-order chi connectivity index (χ0) is 17.2. The van der Waals surface area contributed by atoms with Crippen molar-refractivity contribution in [1.29, 1.82) is 0 Å². The molecule has 2 saturated carbocycles. The molecule has 136 valence electrons. The number of fused-ring (bicyclic) bond motifs is 4. The van der Waals surface area contributed by atoms with Crippen LogP contribution in [0.1, 0.15) is 59.3 Å². The van der Waals surface area contributed by atoms with E-state index in [1.54, 1.807) is 0 Å². The van der Waals surface area contributed by atoms with E-state index < -0.39 is 0 Å². The number of rotatable bonds is 6. The molecule has 4 rings (SSSR count). The van der Waals surface area contributed by atoms with Gasteiger partial charge in [0.2, 0.25) is 0 Å². The summed E-state index contributed by atoms with van der Waals surface area (Å²) in [5.74, 6) is 4.09. The van der Waals surface area contributed by atoms with Gasteiger partial charge in [-0.1, -0.05) is 12.2 Å². The summed E-state index contributed by atoms with van der Waals surface area (Å²) in [6.45, 7) is 8.29. The first-order chi connectivity index (χ1) is 11.6. The summed E-state index contributed by atoms with van der Waals surface area (Å²) in [5, 5.41) is 0.260. The summed E-state index contributed by atoms with van der Waals surface area (Å²) in [6, 6.07) is 0. The van der Waals surface area contributed by atoms with Crippen LogP contribution < -0.4 is 0 Å².